The molecule has 1 aromatic heterocycles. The van der Waals surface area contributed by atoms with Gasteiger partial charge >= 0.3 is 0 Å². The molecule has 0 saturated carbocycles. The summed E-state index contributed by atoms with van der Waals surface area (Å²) >= 11 is 0. The Balaban J connectivity index is 1.94. The van der Waals surface area contributed by atoms with E-state index < -0.39 is 6.10 Å². The van der Waals surface area contributed by atoms with Crippen LogP contribution in [0.15, 0.2) is 16.5 Å². The van der Waals surface area contributed by atoms with Gasteiger partial charge in [0.25, 0.3) is 0 Å². The van der Waals surface area contributed by atoms with Crippen LogP contribution < -0.4 is 0 Å². The van der Waals surface area contributed by atoms with Gasteiger partial charge in [-0.3, -0.25) is 4.90 Å². The molecule has 1 saturated heterocycles. The molecule has 1 aliphatic rings. The molecule has 2 heterocycles. The third-order valence-electron chi connectivity index (χ3n) is 3.62. The van der Waals surface area contributed by atoms with E-state index in [-0.39, 0.29) is 12.1 Å². The fourth-order valence-electron chi connectivity index (χ4n) is 2.44. The molecule has 0 aromatic carbocycles. The van der Waals surface area contributed by atoms with E-state index in [0.29, 0.717) is 26.4 Å². The molecule has 114 valence electrons. The van der Waals surface area contributed by atoms with Crippen molar-refractivity contribution in [2.24, 2.45) is 0 Å². The molecule has 0 radical (unpaired) electrons. The molecule has 1 aliphatic heterocycles. The second-order valence-corrected chi connectivity index (χ2v) is 5.09. The molecule has 6 heteroatoms. The summed E-state index contributed by atoms with van der Waals surface area (Å²) in [6.45, 7) is 1.99. The largest absolute Gasteiger partial charge is 0.462 e. The lowest BCUT2D eigenvalue weighted by Gasteiger charge is -2.38. The minimum absolute atomic E-state index is 0.107. The van der Waals surface area contributed by atoms with Crippen molar-refractivity contribution in [3.05, 3.63) is 23.7 Å². The van der Waals surface area contributed by atoms with E-state index in [0.717, 1.165) is 11.5 Å². The van der Waals surface area contributed by atoms with Gasteiger partial charge in [-0.05, 0) is 19.2 Å². The summed E-state index contributed by atoms with van der Waals surface area (Å²) in [5, 5.41) is 10.3. The Kier molecular flexibility index (Phi) is 5.56. The molecular formula is C14H23NO5. The number of hydrogen-bond donors (Lipinski definition) is 1. The number of aliphatic hydroxyl groups is 1. The SMILES string of the molecule is COCc1ccc(CN(C)[C@@H]2COC[C@@H](OC)[C@H]2O)o1. The van der Waals surface area contributed by atoms with Gasteiger partial charge < -0.3 is 23.7 Å². The number of rotatable bonds is 6. The predicted molar refractivity (Wildman–Crippen MR) is 72.3 cm³/mol. The van der Waals surface area contributed by atoms with Crippen molar-refractivity contribution in [1.29, 1.82) is 0 Å². The summed E-state index contributed by atoms with van der Waals surface area (Å²) in [6.07, 6.45) is -0.844. The topological polar surface area (TPSA) is 64.3 Å². The van der Waals surface area contributed by atoms with Crippen molar-refractivity contribution in [3.8, 4) is 0 Å². The molecule has 0 bridgehead atoms. The van der Waals surface area contributed by atoms with Crippen LogP contribution in [0.3, 0.4) is 0 Å². The summed E-state index contributed by atoms with van der Waals surface area (Å²) < 4.78 is 21.4. The maximum absolute atomic E-state index is 10.3. The van der Waals surface area contributed by atoms with Crippen LogP contribution in [-0.4, -0.2) is 62.7 Å². The summed E-state index contributed by atoms with van der Waals surface area (Å²) in [7, 11) is 5.16. The van der Waals surface area contributed by atoms with Crippen LogP contribution in [0.1, 0.15) is 11.5 Å². The van der Waals surface area contributed by atoms with E-state index in [9.17, 15) is 5.11 Å². The lowest BCUT2D eigenvalue weighted by atomic mass is 10.0. The van der Waals surface area contributed by atoms with E-state index in [1.807, 2.05) is 24.1 Å². The zero-order valence-corrected chi connectivity index (χ0v) is 12.2. The summed E-state index contributed by atoms with van der Waals surface area (Å²) in [4.78, 5) is 2.02. The zero-order valence-electron chi connectivity index (χ0n) is 12.2. The predicted octanol–water partition coefficient (Wildman–Crippen LogP) is 0.632. The molecule has 2 rings (SSSR count). The van der Waals surface area contributed by atoms with Gasteiger partial charge in [-0.1, -0.05) is 0 Å². The maximum atomic E-state index is 10.3. The van der Waals surface area contributed by atoms with Gasteiger partial charge in [0.15, 0.2) is 0 Å². The highest BCUT2D eigenvalue weighted by molar-refractivity contribution is 5.06. The van der Waals surface area contributed by atoms with Crippen molar-refractivity contribution in [2.75, 3.05) is 34.5 Å². The molecule has 3 atom stereocenters. The first kappa shape index (κ1) is 15.5. The molecule has 1 aromatic rings. The fourth-order valence-corrected chi connectivity index (χ4v) is 2.44. The van der Waals surface area contributed by atoms with E-state index in [1.54, 1.807) is 14.2 Å². The number of nitrogens with zero attached hydrogens (tertiary/aromatic N) is 1. The molecular weight excluding hydrogens is 262 g/mol. The Labute approximate surface area is 119 Å². The van der Waals surface area contributed by atoms with Crippen molar-refractivity contribution < 1.29 is 23.7 Å². The van der Waals surface area contributed by atoms with Crippen molar-refractivity contribution in [3.63, 3.8) is 0 Å². The van der Waals surface area contributed by atoms with Gasteiger partial charge in [-0.2, -0.15) is 0 Å². The Morgan fingerprint density at radius 1 is 1.30 bits per heavy atom. The Bertz CT molecular complexity index is 408. The van der Waals surface area contributed by atoms with Crippen LogP contribution >= 0.6 is 0 Å². The Hall–Kier alpha value is -0.920. The van der Waals surface area contributed by atoms with Gasteiger partial charge in [0, 0.05) is 14.2 Å². The lowest BCUT2D eigenvalue weighted by Crippen LogP contribution is -2.55. The van der Waals surface area contributed by atoms with Crippen molar-refractivity contribution >= 4 is 0 Å². The van der Waals surface area contributed by atoms with E-state index >= 15 is 0 Å². The number of likely N-dealkylation sites (N-methyl/N-ethyl adjacent to an activating group) is 1. The normalized spacial score (nSPS) is 27.1. The number of ether oxygens (including phenoxy) is 3. The third kappa shape index (κ3) is 3.59. The van der Waals surface area contributed by atoms with E-state index in [2.05, 4.69) is 0 Å². The zero-order chi connectivity index (χ0) is 14.5. The first-order valence-corrected chi connectivity index (χ1v) is 6.71. The second kappa shape index (κ2) is 7.19. The quantitative estimate of drug-likeness (QED) is 0.827. The average molecular weight is 285 g/mol. The molecule has 0 aliphatic carbocycles. The van der Waals surface area contributed by atoms with Crippen molar-refractivity contribution in [2.45, 2.75) is 31.4 Å². The fraction of sp³-hybridized carbons (Fsp3) is 0.714. The molecule has 1 fully saturated rings. The third-order valence-corrected chi connectivity index (χ3v) is 3.62. The highest BCUT2D eigenvalue weighted by Crippen LogP contribution is 2.19. The average Bonchev–Trinajstić information content (AvgIpc) is 2.86. The highest BCUT2D eigenvalue weighted by atomic mass is 16.5. The number of furan rings is 1. The number of methoxy groups -OCH3 is 2. The number of aliphatic hydroxyl groups excluding tert-OH is 1. The standard InChI is InChI=1S/C14H23NO5/c1-15(6-10-4-5-11(20-10)7-17-2)12-8-19-9-13(18-3)14(12)16/h4-5,12-14,16H,6-9H2,1-3H3/t12-,13-,14+/m1/s1. The molecule has 0 unspecified atom stereocenters. The van der Waals surface area contributed by atoms with Crippen LogP contribution in [0.25, 0.3) is 0 Å². The molecule has 6 nitrogen and oxygen atoms in total. The minimum atomic E-state index is -0.563. The van der Waals surface area contributed by atoms with Gasteiger partial charge in [0.1, 0.15) is 30.3 Å². The first-order chi connectivity index (χ1) is 9.65. The summed E-state index contributed by atoms with van der Waals surface area (Å²) in [6, 6.07) is 3.72. The number of hydrogen-bond acceptors (Lipinski definition) is 6. The van der Waals surface area contributed by atoms with Crippen LogP contribution in [0.5, 0.6) is 0 Å². The van der Waals surface area contributed by atoms with Gasteiger partial charge in [-0.15, -0.1) is 0 Å². The monoisotopic (exact) mass is 285 g/mol. The first-order valence-electron chi connectivity index (χ1n) is 6.71. The van der Waals surface area contributed by atoms with Crippen LogP contribution in [0.4, 0.5) is 0 Å². The maximum Gasteiger partial charge on any atom is 0.129 e. The molecule has 0 spiro atoms. The Morgan fingerprint density at radius 3 is 2.75 bits per heavy atom. The smallest absolute Gasteiger partial charge is 0.129 e. The van der Waals surface area contributed by atoms with Crippen molar-refractivity contribution in [1.82, 2.24) is 4.90 Å². The van der Waals surface area contributed by atoms with Crippen LogP contribution in [-0.2, 0) is 27.4 Å². The molecule has 0 amide bonds. The molecule has 1 N–H and O–H groups in total. The summed E-state index contributed by atoms with van der Waals surface area (Å²) in [5.74, 6) is 1.64. The highest BCUT2D eigenvalue weighted by Gasteiger charge is 2.35. The Morgan fingerprint density at radius 2 is 2.05 bits per heavy atom. The van der Waals surface area contributed by atoms with Crippen LogP contribution in [0.2, 0.25) is 0 Å². The summed E-state index contributed by atoms with van der Waals surface area (Å²) in [5.41, 5.74) is 0. The van der Waals surface area contributed by atoms with E-state index in [1.165, 1.54) is 0 Å². The van der Waals surface area contributed by atoms with Gasteiger partial charge in [0.2, 0.25) is 0 Å². The van der Waals surface area contributed by atoms with E-state index in [4.69, 9.17) is 18.6 Å². The molecule has 20 heavy (non-hydrogen) atoms. The lowest BCUT2D eigenvalue weighted by molar-refractivity contribution is -0.142. The second-order valence-electron chi connectivity index (χ2n) is 5.09. The minimum Gasteiger partial charge on any atom is -0.462 e. The van der Waals surface area contributed by atoms with Gasteiger partial charge in [0.05, 0.1) is 25.8 Å². The van der Waals surface area contributed by atoms with Crippen LogP contribution in [0, 0.1) is 0 Å². The van der Waals surface area contributed by atoms with Gasteiger partial charge in [-0.25, -0.2) is 0 Å².